The number of terminal acetylenes is 1. The molecule has 2 aromatic heterocycles. The lowest BCUT2D eigenvalue weighted by Crippen LogP contribution is -2.43. The van der Waals surface area contributed by atoms with E-state index < -0.39 is 17.0 Å². The quantitative estimate of drug-likeness (QED) is 0.726. The molecule has 0 bridgehead atoms. The highest BCUT2D eigenvalue weighted by Gasteiger charge is 2.24. The van der Waals surface area contributed by atoms with Gasteiger partial charge in [0.15, 0.2) is 5.75 Å². The molecule has 0 atom stereocenters. The summed E-state index contributed by atoms with van der Waals surface area (Å²) < 4.78 is 0.461. The van der Waals surface area contributed by atoms with Crippen molar-refractivity contribution < 1.29 is 9.90 Å². The Labute approximate surface area is 113 Å². The van der Waals surface area contributed by atoms with Gasteiger partial charge in [-0.1, -0.05) is 5.92 Å². The van der Waals surface area contributed by atoms with Crippen LogP contribution in [-0.2, 0) is 0 Å². The highest BCUT2D eigenvalue weighted by Crippen LogP contribution is 2.29. The van der Waals surface area contributed by atoms with Gasteiger partial charge < -0.3 is 15.4 Å². The van der Waals surface area contributed by atoms with Crippen LogP contribution in [0.2, 0.25) is 0 Å². The number of H-pyrrole nitrogens is 1. The summed E-state index contributed by atoms with van der Waals surface area (Å²) in [7, 11) is 0. The largest absolute Gasteiger partial charge is 0.505 e. The molecule has 2 heterocycles. The van der Waals surface area contributed by atoms with Gasteiger partial charge in [0.05, 0.1) is 15.8 Å². The normalized spacial score (nSPS) is 11.2. The Balaban J connectivity index is 2.54. The third-order valence-corrected chi connectivity index (χ3v) is 3.53. The van der Waals surface area contributed by atoms with E-state index in [1.54, 1.807) is 25.3 Å². The minimum absolute atomic E-state index is 0.320. The van der Waals surface area contributed by atoms with Gasteiger partial charge in [0.1, 0.15) is 5.56 Å². The first-order valence-corrected chi connectivity index (χ1v) is 6.36. The van der Waals surface area contributed by atoms with Crippen LogP contribution in [0.25, 0.3) is 10.2 Å². The number of pyridine rings is 1. The second-order valence-corrected chi connectivity index (χ2v) is 5.48. The first kappa shape index (κ1) is 13.2. The Kier molecular flexibility index (Phi) is 3.08. The summed E-state index contributed by atoms with van der Waals surface area (Å²) in [4.78, 5) is 26.4. The molecule has 0 aliphatic heterocycles. The second-order valence-electron chi connectivity index (χ2n) is 4.56. The maximum absolute atomic E-state index is 12.0. The van der Waals surface area contributed by atoms with E-state index in [0.29, 0.717) is 10.2 Å². The van der Waals surface area contributed by atoms with Crippen molar-refractivity contribution in [3.05, 3.63) is 27.4 Å². The average Bonchev–Trinajstić information content (AvgIpc) is 2.76. The van der Waals surface area contributed by atoms with Crippen molar-refractivity contribution in [2.24, 2.45) is 0 Å². The van der Waals surface area contributed by atoms with Crippen LogP contribution in [0.15, 0.2) is 16.2 Å². The Morgan fingerprint density at radius 3 is 2.89 bits per heavy atom. The van der Waals surface area contributed by atoms with E-state index in [4.69, 9.17) is 6.42 Å². The van der Waals surface area contributed by atoms with Gasteiger partial charge in [-0.05, 0) is 25.3 Å². The number of amides is 1. The first-order valence-electron chi connectivity index (χ1n) is 5.48. The number of hydrogen-bond donors (Lipinski definition) is 3. The molecule has 0 unspecified atom stereocenters. The van der Waals surface area contributed by atoms with Crippen LogP contribution in [0, 0.1) is 12.3 Å². The monoisotopic (exact) mass is 276 g/mol. The standard InChI is InChI=1S/C13H12N2O3S/c1-4-13(2,3)15-12(18)8-9(16)10-7(5-6-19-10)14-11(8)17/h1,5-6H,2-3H3,(H,15,18)(H2,14,16,17). The molecule has 2 aromatic rings. The Morgan fingerprint density at radius 2 is 2.26 bits per heavy atom. The molecule has 0 radical (unpaired) electrons. The Morgan fingerprint density at radius 1 is 1.58 bits per heavy atom. The predicted molar refractivity (Wildman–Crippen MR) is 74.5 cm³/mol. The summed E-state index contributed by atoms with van der Waals surface area (Å²) in [6.07, 6.45) is 5.27. The fraction of sp³-hybridized carbons (Fsp3) is 0.231. The van der Waals surface area contributed by atoms with Crippen LogP contribution >= 0.6 is 11.3 Å². The number of thiophene rings is 1. The fourth-order valence-electron chi connectivity index (χ4n) is 1.59. The number of hydrogen-bond acceptors (Lipinski definition) is 4. The van der Waals surface area contributed by atoms with Crippen LogP contribution < -0.4 is 10.9 Å². The molecule has 2 rings (SSSR count). The maximum atomic E-state index is 12.0. The van der Waals surface area contributed by atoms with Gasteiger partial charge in [-0.25, -0.2) is 0 Å². The molecular formula is C13H12N2O3S. The van der Waals surface area contributed by atoms with Crippen molar-refractivity contribution in [2.75, 3.05) is 0 Å². The Bertz CT molecular complexity index is 749. The smallest absolute Gasteiger partial charge is 0.265 e. The number of fused-ring (bicyclic) bond motifs is 1. The number of nitrogens with one attached hydrogen (secondary N) is 2. The van der Waals surface area contributed by atoms with E-state index in [9.17, 15) is 14.7 Å². The molecule has 19 heavy (non-hydrogen) atoms. The number of aromatic amines is 1. The number of aromatic hydroxyl groups is 1. The van der Waals surface area contributed by atoms with Crippen LogP contribution in [0.5, 0.6) is 5.75 Å². The van der Waals surface area contributed by atoms with E-state index in [-0.39, 0.29) is 11.3 Å². The molecule has 0 saturated heterocycles. The first-order chi connectivity index (χ1) is 8.85. The number of rotatable bonds is 2. The molecule has 0 saturated carbocycles. The molecule has 98 valence electrons. The number of carbonyl (C=O) groups is 1. The molecular weight excluding hydrogens is 264 g/mol. The topological polar surface area (TPSA) is 82.2 Å². The molecule has 0 aliphatic carbocycles. The van der Waals surface area contributed by atoms with Crippen molar-refractivity contribution in [3.63, 3.8) is 0 Å². The SMILES string of the molecule is C#CC(C)(C)NC(=O)c1c(O)c2sccc2[nH]c1=O. The van der Waals surface area contributed by atoms with E-state index in [2.05, 4.69) is 16.2 Å². The van der Waals surface area contributed by atoms with Crippen LogP contribution in [-0.4, -0.2) is 21.5 Å². The highest BCUT2D eigenvalue weighted by molar-refractivity contribution is 7.17. The second kappa shape index (κ2) is 4.44. The van der Waals surface area contributed by atoms with Gasteiger partial charge in [0.25, 0.3) is 11.5 Å². The van der Waals surface area contributed by atoms with Gasteiger partial charge in [-0.2, -0.15) is 0 Å². The van der Waals surface area contributed by atoms with Crippen molar-refractivity contribution in [2.45, 2.75) is 19.4 Å². The van der Waals surface area contributed by atoms with Crippen molar-refractivity contribution in [1.82, 2.24) is 10.3 Å². The van der Waals surface area contributed by atoms with Crippen molar-refractivity contribution in [1.29, 1.82) is 0 Å². The lowest BCUT2D eigenvalue weighted by molar-refractivity contribution is 0.0926. The van der Waals surface area contributed by atoms with E-state index in [1.807, 2.05) is 0 Å². The summed E-state index contributed by atoms with van der Waals surface area (Å²) in [5.41, 5.74) is -1.37. The fourth-order valence-corrected chi connectivity index (χ4v) is 2.39. The van der Waals surface area contributed by atoms with E-state index in [1.165, 1.54) is 11.3 Å². The highest BCUT2D eigenvalue weighted by atomic mass is 32.1. The maximum Gasteiger partial charge on any atom is 0.265 e. The summed E-state index contributed by atoms with van der Waals surface area (Å²) in [5.74, 6) is 1.37. The summed E-state index contributed by atoms with van der Waals surface area (Å²) in [5, 5.41) is 14.3. The number of aromatic nitrogens is 1. The average molecular weight is 276 g/mol. The lowest BCUT2D eigenvalue weighted by Gasteiger charge is -2.19. The zero-order valence-corrected chi connectivity index (χ0v) is 11.2. The van der Waals surface area contributed by atoms with Crippen LogP contribution in [0.1, 0.15) is 24.2 Å². The molecule has 1 amide bonds. The third-order valence-electron chi connectivity index (χ3n) is 2.61. The van der Waals surface area contributed by atoms with Gasteiger partial charge in [0, 0.05) is 0 Å². The minimum atomic E-state index is -0.902. The molecule has 0 aromatic carbocycles. The van der Waals surface area contributed by atoms with Gasteiger partial charge >= 0.3 is 0 Å². The third kappa shape index (κ3) is 2.33. The minimum Gasteiger partial charge on any atom is -0.505 e. The Hall–Kier alpha value is -2.26. The lowest BCUT2D eigenvalue weighted by atomic mass is 10.1. The molecule has 3 N–H and O–H groups in total. The van der Waals surface area contributed by atoms with E-state index in [0.717, 1.165) is 0 Å². The summed E-state index contributed by atoms with van der Waals surface area (Å²) in [6.45, 7) is 3.25. The van der Waals surface area contributed by atoms with Gasteiger partial charge in [-0.15, -0.1) is 17.8 Å². The molecule has 0 aliphatic rings. The molecule has 6 heteroatoms. The predicted octanol–water partition coefficient (Wildman–Crippen LogP) is 1.44. The van der Waals surface area contributed by atoms with Crippen molar-refractivity contribution in [3.8, 4) is 18.1 Å². The number of carbonyl (C=O) groups excluding carboxylic acids is 1. The summed E-state index contributed by atoms with van der Waals surface area (Å²) >= 11 is 1.24. The zero-order chi connectivity index (χ0) is 14.2. The molecule has 5 nitrogen and oxygen atoms in total. The van der Waals surface area contributed by atoms with Crippen LogP contribution in [0.3, 0.4) is 0 Å². The van der Waals surface area contributed by atoms with Gasteiger partial charge in [0.2, 0.25) is 0 Å². The van der Waals surface area contributed by atoms with Gasteiger partial charge in [-0.3, -0.25) is 9.59 Å². The van der Waals surface area contributed by atoms with Crippen LogP contribution in [0.4, 0.5) is 0 Å². The van der Waals surface area contributed by atoms with Crippen molar-refractivity contribution >= 4 is 27.5 Å². The summed E-state index contributed by atoms with van der Waals surface area (Å²) in [6, 6.07) is 1.66. The van der Waals surface area contributed by atoms with E-state index >= 15 is 0 Å². The molecule has 0 spiro atoms. The zero-order valence-electron chi connectivity index (χ0n) is 10.4. The molecule has 0 fully saturated rings.